The van der Waals surface area contributed by atoms with E-state index in [-0.39, 0.29) is 6.79 Å². The summed E-state index contributed by atoms with van der Waals surface area (Å²) in [6.45, 7) is 0.237. The number of hydrogen-bond acceptors (Lipinski definition) is 7. The summed E-state index contributed by atoms with van der Waals surface area (Å²) in [5.74, 6) is 2.64. The first-order valence-electron chi connectivity index (χ1n) is 8.32. The highest BCUT2D eigenvalue weighted by atomic mass is 16.7. The third-order valence-corrected chi connectivity index (χ3v) is 4.24. The first-order chi connectivity index (χ1) is 13.3. The van der Waals surface area contributed by atoms with Crippen LogP contribution in [0.5, 0.6) is 17.2 Å². The minimum atomic E-state index is 0.237. The van der Waals surface area contributed by atoms with Gasteiger partial charge in [-0.05, 0) is 24.3 Å². The van der Waals surface area contributed by atoms with E-state index in [0.717, 1.165) is 28.3 Å². The summed E-state index contributed by atoms with van der Waals surface area (Å²) in [6, 6.07) is 13.2. The number of methoxy groups -OCH3 is 1. The van der Waals surface area contributed by atoms with Crippen LogP contribution in [0.1, 0.15) is 0 Å². The van der Waals surface area contributed by atoms with E-state index in [9.17, 15) is 0 Å². The molecule has 8 heteroatoms. The number of fused-ring (bicyclic) bond motifs is 2. The van der Waals surface area contributed by atoms with Gasteiger partial charge in [-0.1, -0.05) is 6.07 Å². The molecule has 3 heterocycles. The molecule has 1 aliphatic rings. The summed E-state index contributed by atoms with van der Waals surface area (Å²) in [4.78, 5) is 8.99. The summed E-state index contributed by atoms with van der Waals surface area (Å²) < 4.78 is 17.8. The second-order valence-electron chi connectivity index (χ2n) is 5.92. The third kappa shape index (κ3) is 2.77. The zero-order chi connectivity index (χ0) is 18.2. The van der Waals surface area contributed by atoms with Gasteiger partial charge in [-0.2, -0.15) is 10.1 Å². The fraction of sp³-hybridized carbons (Fsp3) is 0.105. The number of aromatic nitrogens is 4. The van der Waals surface area contributed by atoms with E-state index >= 15 is 0 Å². The van der Waals surface area contributed by atoms with Gasteiger partial charge in [-0.3, -0.25) is 0 Å². The van der Waals surface area contributed by atoms with Crippen molar-refractivity contribution < 1.29 is 14.2 Å². The maximum absolute atomic E-state index is 5.40. The molecule has 0 bridgehead atoms. The first kappa shape index (κ1) is 15.4. The van der Waals surface area contributed by atoms with Crippen LogP contribution in [0, 0.1) is 0 Å². The highest BCUT2D eigenvalue weighted by molar-refractivity contribution is 5.77. The van der Waals surface area contributed by atoms with Crippen LogP contribution >= 0.6 is 0 Å². The molecule has 27 heavy (non-hydrogen) atoms. The monoisotopic (exact) mass is 361 g/mol. The summed E-state index contributed by atoms with van der Waals surface area (Å²) in [7, 11) is 1.63. The van der Waals surface area contributed by atoms with Crippen molar-refractivity contribution in [3.63, 3.8) is 0 Å². The Morgan fingerprint density at radius 3 is 2.93 bits per heavy atom. The van der Waals surface area contributed by atoms with Gasteiger partial charge in [0, 0.05) is 24.0 Å². The lowest BCUT2D eigenvalue weighted by Gasteiger charge is -2.08. The van der Waals surface area contributed by atoms with Crippen molar-refractivity contribution in [2.24, 2.45) is 0 Å². The SMILES string of the molecule is COc1cccc(-n2ncc3cnc(Nc4ccc5c(c4)OCO5)nc32)c1. The molecule has 0 unspecified atom stereocenters. The minimum Gasteiger partial charge on any atom is -0.497 e. The van der Waals surface area contributed by atoms with Gasteiger partial charge in [0.25, 0.3) is 0 Å². The van der Waals surface area contributed by atoms with Gasteiger partial charge in [0.05, 0.1) is 24.4 Å². The number of nitrogens with one attached hydrogen (secondary N) is 1. The van der Waals surface area contributed by atoms with Crippen LogP contribution in [-0.4, -0.2) is 33.7 Å². The van der Waals surface area contributed by atoms with Crippen molar-refractivity contribution in [3.05, 3.63) is 54.9 Å². The Kier molecular flexibility index (Phi) is 3.53. The van der Waals surface area contributed by atoms with Crippen LogP contribution in [0.25, 0.3) is 16.7 Å². The van der Waals surface area contributed by atoms with Crippen molar-refractivity contribution in [1.29, 1.82) is 0 Å². The second kappa shape index (κ2) is 6.17. The highest BCUT2D eigenvalue weighted by Crippen LogP contribution is 2.34. The van der Waals surface area contributed by atoms with Crippen LogP contribution in [0.3, 0.4) is 0 Å². The number of nitrogens with zero attached hydrogens (tertiary/aromatic N) is 4. The van der Waals surface area contributed by atoms with Gasteiger partial charge in [0.15, 0.2) is 17.1 Å². The maximum Gasteiger partial charge on any atom is 0.231 e. The van der Waals surface area contributed by atoms with Crippen LogP contribution in [0.15, 0.2) is 54.9 Å². The fourth-order valence-electron chi connectivity index (χ4n) is 2.91. The molecule has 0 saturated carbocycles. The van der Waals surface area contributed by atoms with Crippen molar-refractivity contribution in [3.8, 4) is 22.9 Å². The Morgan fingerprint density at radius 2 is 2.00 bits per heavy atom. The van der Waals surface area contributed by atoms with Gasteiger partial charge in [0.1, 0.15) is 5.75 Å². The van der Waals surface area contributed by atoms with E-state index in [1.165, 1.54) is 0 Å². The molecule has 0 spiro atoms. The van der Waals surface area contributed by atoms with Gasteiger partial charge < -0.3 is 19.5 Å². The molecule has 0 amide bonds. The molecule has 134 valence electrons. The topological polar surface area (TPSA) is 83.3 Å². The normalized spacial score (nSPS) is 12.3. The highest BCUT2D eigenvalue weighted by Gasteiger charge is 2.14. The molecular weight excluding hydrogens is 346 g/mol. The molecule has 1 N–H and O–H groups in total. The van der Waals surface area contributed by atoms with E-state index in [4.69, 9.17) is 14.2 Å². The smallest absolute Gasteiger partial charge is 0.231 e. The lowest BCUT2D eigenvalue weighted by molar-refractivity contribution is 0.174. The predicted molar refractivity (Wildman–Crippen MR) is 99.1 cm³/mol. The minimum absolute atomic E-state index is 0.237. The van der Waals surface area contributed by atoms with Gasteiger partial charge in [-0.15, -0.1) is 0 Å². The van der Waals surface area contributed by atoms with Crippen molar-refractivity contribution in [2.45, 2.75) is 0 Å². The summed E-state index contributed by atoms with van der Waals surface area (Å²) >= 11 is 0. The standard InChI is InChI=1S/C19H15N5O3/c1-25-15-4-2-3-14(8-15)24-18-12(10-21-24)9-20-19(23-18)22-13-5-6-16-17(7-13)27-11-26-16/h2-10H,11H2,1H3,(H,20,22,23). The van der Waals surface area contributed by atoms with Crippen molar-refractivity contribution in [2.75, 3.05) is 19.2 Å². The quantitative estimate of drug-likeness (QED) is 0.597. The number of anilines is 2. The van der Waals surface area contributed by atoms with E-state index in [1.54, 1.807) is 24.2 Å². The summed E-state index contributed by atoms with van der Waals surface area (Å²) in [5.41, 5.74) is 2.37. The summed E-state index contributed by atoms with van der Waals surface area (Å²) in [5, 5.41) is 8.47. The molecule has 0 saturated heterocycles. The Bertz CT molecular complexity index is 1140. The number of benzene rings is 2. The van der Waals surface area contributed by atoms with Crippen LogP contribution in [-0.2, 0) is 0 Å². The Balaban J connectivity index is 1.51. The molecule has 0 atom stereocenters. The van der Waals surface area contributed by atoms with E-state index in [2.05, 4.69) is 20.4 Å². The number of hydrogen-bond donors (Lipinski definition) is 1. The lowest BCUT2D eigenvalue weighted by atomic mass is 10.3. The van der Waals surface area contributed by atoms with Crippen LogP contribution in [0.4, 0.5) is 11.6 Å². The Morgan fingerprint density at radius 1 is 1.07 bits per heavy atom. The van der Waals surface area contributed by atoms with Gasteiger partial charge >= 0.3 is 0 Å². The summed E-state index contributed by atoms with van der Waals surface area (Å²) in [6.07, 6.45) is 3.47. The average molecular weight is 361 g/mol. The molecular formula is C19H15N5O3. The van der Waals surface area contributed by atoms with E-state index in [1.807, 2.05) is 42.5 Å². The predicted octanol–water partition coefficient (Wildman–Crippen LogP) is 3.30. The third-order valence-electron chi connectivity index (χ3n) is 4.24. The van der Waals surface area contributed by atoms with E-state index in [0.29, 0.717) is 17.3 Å². The van der Waals surface area contributed by atoms with E-state index < -0.39 is 0 Å². The Hall–Kier alpha value is -3.81. The average Bonchev–Trinajstić information content (AvgIpc) is 3.34. The molecule has 0 aliphatic carbocycles. The Labute approximate surface area is 154 Å². The molecule has 0 fully saturated rings. The molecule has 2 aromatic heterocycles. The number of rotatable bonds is 4. The molecule has 1 aliphatic heterocycles. The molecule has 8 nitrogen and oxygen atoms in total. The molecule has 0 radical (unpaired) electrons. The van der Waals surface area contributed by atoms with Crippen molar-refractivity contribution in [1.82, 2.24) is 19.7 Å². The van der Waals surface area contributed by atoms with Gasteiger partial charge in [0.2, 0.25) is 12.7 Å². The largest absolute Gasteiger partial charge is 0.497 e. The molecule has 5 rings (SSSR count). The van der Waals surface area contributed by atoms with Crippen LogP contribution in [0.2, 0.25) is 0 Å². The number of ether oxygens (including phenoxy) is 3. The molecule has 4 aromatic rings. The maximum atomic E-state index is 5.40. The van der Waals surface area contributed by atoms with Crippen molar-refractivity contribution >= 4 is 22.7 Å². The second-order valence-corrected chi connectivity index (χ2v) is 5.92. The van der Waals surface area contributed by atoms with Crippen LogP contribution < -0.4 is 19.5 Å². The lowest BCUT2D eigenvalue weighted by Crippen LogP contribution is -2.01. The fourth-order valence-corrected chi connectivity index (χ4v) is 2.91. The van der Waals surface area contributed by atoms with Gasteiger partial charge in [-0.25, -0.2) is 9.67 Å². The zero-order valence-electron chi connectivity index (χ0n) is 14.4. The zero-order valence-corrected chi connectivity index (χ0v) is 14.4. The first-order valence-corrected chi connectivity index (χ1v) is 8.32. The molecule has 2 aromatic carbocycles.